The molecule has 8 rings (SSSR count). The van der Waals surface area contributed by atoms with E-state index in [1.165, 1.54) is 11.1 Å². The van der Waals surface area contributed by atoms with E-state index in [0.717, 1.165) is 25.7 Å². The van der Waals surface area contributed by atoms with Crippen LogP contribution < -0.4 is 0 Å². The van der Waals surface area contributed by atoms with E-state index in [1.54, 1.807) is 28.3 Å². The van der Waals surface area contributed by atoms with Crippen molar-refractivity contribution in [1.82, 2.24) is 0 Å². The molecule has 20 unspecified atom stereocenters. The number of methoxy groups -OCH3 is 3. The minimum absolute atomic E-state index is 0.0721. The highest BCUT2D eigenvalue weighted by atomic mass is 16.8. The number of esters is 1. The fourth-order valence-electron chi connectivity index (χ4n) is 11.3. The first kappa shape index (κ1) is 42.0. The summed E-state index contributed by atoms with van der Waals surface area (Å²) in [6, 6.07) is 0. The Morgan fingerprint density at radius 3 is 2.25 bits per heavy atom. The molecule has 6 fully saturated rings. The second kappa shape index (κ2) is 16.6. The zero-order chi connectivity index (χ0) is 40.4. The van der Waals surface area contributed by atoms with Crippen molar-refractivity contribution in [2.45, 2.75) is 184 Å². The van der Waals surface area contributed by atoms with Crippen molar-refractivity contribution < 1.29 is 71.8 Å². The largest absolute Gasteiger partial charge is 0.469 e. The first-order chi connectivity index (χ1) is 27.3. The molecule has 0 bridgehead atoms. The number of aliphatic hydroxyl groups is 2. The Morgan fingerprint density at radius 1 is 0.807 bits per heavy atom. The van der Waals surface area contributed by atoms with Gasteiger partial charge in [-0.25, -0.2) is 0 Å². The molecule has 15 nitrogen and oxygen atoms in total. The molecule has 322 valence electrons. The third kappa shape index (κ3) is 7.76. The lowest BCUT2D eigenvalue weighted by Gasteiger charge is -2.51. The molecule has 5 saturated heterocycles. The molecule has 0 aromatic carbocycles. The van der Waals surface area contributed by atoms with E-state index in [4.69, 9.17) is 56.8 Å². The van der Waals surface area contributed by atoms with Gasteiger partial charge in [0, 0.05) is 41.1 Å². The molecule has 8 aliphatic rings. The van der Waals surface area contributed by atoms with Crippen LogP contribution in [0.1, 0.15) is 86.0 Å². The van der Waals surface area contributed by atoms with Crippen molar-refractivity contribution in [3.8, 4) is 0 Å². The van der Waals surface area contributed by atoms with Gasteiger partial charge in [-0.2, -0.15) is 0 Å². The molecular weight excluding hydrogens is 744 g/mol. The van der Waals surface area contributed by atoms with E-state index >= 15 is 0 Å². The zero-order valence-corrected chi connectivity index (χ0v) is 34.6. The van der Waals surface area contributed by atoms with Crippen molar-refractivity contribution in [2.24, 2.45) is 23.2 Å². The first-order valence-electron chi connectivity index (χ1n) is 21.0. The van der Waals surface area contributed by atoms with Crippen LogP contribution in [0.5, 0.6) is 0 Å². The maximum atomic E-state index is 13.7. The summed E-state index contributed by atoms with van der Waals surface area (Å²) >= 11 is 0. The molecule has 6 heterocycles. The molecule has 0 aromatic heterocycles. The molecule has 1 saturated carbocycles. The Bertz CT molecular complexity index is 1510. The van der Waals surface area contributed by atoms with E-state index in [1.807, 2.05) is 27.0 Å². The van der Waals surface area contributed by atoms with Crippen molar-refractivity contribution in [1.29, 1.82) is 0 Å². The van der Waals surface area contributed by atoms with Crippen molar-refractivity contribution in [2.75, 3.05) is 27.9 Å². The number of rotatable bonds is 9. The van der Waals surface area contributed by atoms with Gasteiger partial charge in [-0.1, -0.05) is 18.6 Å². The lowest BCUT2D eigenvalue weighted by atomic mass is 9.55. The van der Waals surface area contributed by atoms with Crippen LogP contribution in [-0.4, -0.2) is 142 Å². The fraction of sp³-hybridized carbons (Fsp3) is 0.881. The fourth-order valence-corrected chi connectivity index (χ4v) is 11.3. The molecule has 2 aliphatic carbocycles. The molecule has 15 heteroatoms. The van der Waals surface area contributed by atoms with E-state index in [0.29, 0.717) is 32.3 Å². The molecule has 6 aliphatic heterocycles. The van der Waals surface area contributed by atoms with Gasteiger partial charge < -0.3 is 67.1 Å². The molecule has 57 heavy (non-hydrogen) atoms. The summed E-state index contributed by atoms with van der Waals surface area (Å²) < 4.78 is 73.4. The molecule has 0 amide bonds. The maximum Gasteiger partial charge on any atom is 0.309 e. The quantitative estimate of drug-likeness (QED) is 0.256. The second-order valence-corrected chi connectivity index (χ2v) is 17.9. The van der Waals surface area contributed by atoms with Crippen molar-refractivity contribution >= 4 is 5.97 Å². The van der Waals surface area contributed by atoms with Gasteiger partial charge in [-0.3, -0.25) is 4.79 Å². The molecule has 0 aromatic rings. The Labute approximate surface area is 335 Å². The number of allylic oxidation sites excluding steroid dienone is 1. The van der Waals surface area contributed by atoms with E-state index < -0.39 is 79.6 Å². The van der Waals surface area contributed by atoms with Gasteiger partial charge in [0.1, 0.15) is 36.6 Å². The van der Waals surface area contributed by atoms with Gasteiger partial charge in [-0.15, -0.1) is 0 Å². The Balaban J connectivity index is 0.877. The van der Waals surface area contributed by atoms with Gasteiger partial charge in [0.05, 0.1) is 61.3 Å². The van der Waals surface area contributed by atoms with Crippen molar-refractivity contribution in [3.63, 3.8) is 0 Å². The highest BCUT2D eigenvalue weighted by molar-refractivity contribution is 5.74. The van der Waals surface area contributed by atoms with Gasteiger partial charge in [-0.05, 0) is 76.2 Å². The first-order valence-corrected chi connectivity index (χ1v) is 21.0. The number of aliphatic hydroxyl groups excluding tert-OH is 2. The van der Waals surface area contributed by atoms with Gasteiger partial charge >= 0.3 is 5.97 Å². The summed E-state index contributed by atoms with van der Waals surface area (Å²) in [5.41, 5.74) is 2.27. The Morgan fingerprint density at radius 2 is 1.51 bits per heavy atom. The maximum absolute atomic E-state index is 13.7. The number of hydrogen-bond acceptors (Lipinski definition) is 15. The van der Waals surface area contributed by atoms with Gasteiger partial charge in [0.15, 0.2) is 18.9 Å². The highest BCUT2D eigenvalue weighted by Gasteiger charge is 2.58. The zero-order valence-electron chi connectivity index (χ0n) is 34.6. The molecular formula is C42H64O15. The number of hydrogen-bond donors (Lipinski definition) is 2. The van der Waals surface area contributed by atoms with Gasteiger partial charge in [0.2, 0.25) is 5.79 Å². The predicted molar refractivity (Wildman–Crippen MR) is 199 cm³/mol. The lowest BCUT2D eigenvalue weighted by Crippen LogP contribution is -2.61. The second-order valence-electron chi connectivity index (χ2n) is 17.9. The van der Waals surface area contributed by atoms with E-state index in [9.17, 15) is 15.0 Å². The number of fused-ring (bicyclic) bond motifs is 3. The van der Waals surface area contributed by atoms with Crippen LogP contribution in [0.25, 0.3) is 0 Å². The molecule has 0 radical (unpaired) electrons. The average Bonchev–Trinajstić information content (AvgIpc) is 3.70. The highest BCUT2D eigenvalue weighted by Crippen LogP contribution is 2.57. The Kier molecular flexibility index (Phi) is 12.2. The molecule has 20 atom stereocenters. The average molecular weight is 809 g/mol. The third-order valence-corrected chi connectivity index (χ3v) is 14.6. The topological polar surface area (TPSA) is 168 Å². The van der Waals surface area contributed by atoms with Crippen LogP contribution in [0.15, 0.2) is 23.5 Å². The van der Waals surface area contributed by atoms with Crippen LogP contribution in [0.2, 0.25) is 0 Å². The summed E-state index contributed by atoms with van der Waals surface area (Å²) in [4.78, 5) is 13.7. The smallest absolute Gasteiger partial charge is 0.309 e. The summed E-state index contributed by atoms with van der Waals surface area (Å²) in [6.07, 6.45) is 0.723. The number of carbonyl (C=O) groups is 1. The lowest BCUT2D eigenvalue weighted by molar-refractivity contribution is -0.353. The van der Waals surface area contributed by atoms with Crippen LogP contribution >= 0.6 is 0 Å². The number of carbonyl (C=O) groups excluding carboxylic acids is 1. The van der Waals surface area contributed by atoms with Crippen LogP contribution in [0.4, 0.5) is 0 Å². The van der Waals surface area contributed by atoms with Gasteiger partial charge in [0.25, 0.3) is 0 Å². The molecule has 0 spiro atoms. The molecule has 2 N–H and O–H groups in total. The summed E-state index contributed by atoms with van der Waals surface area (Å²) in [7, 11) is 4.74. The van der Waals surface area contributed by atoms with Crippen LogP contribution in [0, 0.1) is 23.2 Å². The van der Waals surface area contributed by atoms with Crippen LogP contribution in [-0.2, 0) is 61.6 Å². The normalized spacial score (nSPS) is 51.2. The van der Waals surface area contributed by atoms with Crippen molar-refractivity contribution in [3.05, 3.63) is 23.5 Å². The third-order valence-electron chi connectivity index (χ3n) is 14.6. The summed E-state index contributed by atoms with van der Waals surface area (Å²) in [6.45, 7) is 10.2. The monoisotopic (exact) mass is 808 g/mol. The summed E-state index contributed by atoms with van der Waals surface area (Å²) in [5, 5.41) is 22.0. The minimum Gasteiger partial charge on any atom is -0.469 e. The van der Waals surface area contributed by atoms with E-state index in [2.05, 4.69) is 13.0 Å². The van der Waals surface area contributed by atoms with E-state index in [-0.39, 0.29) is 47.4 Å². The Hall–Kier alpha value is -1.73. The predicted octanol–water partition coefficient (Wildman–Crippen LogP) is 3.66. The summed E-state index contributed by atoms with van der Waals surface area (Å²) in [5.74, 6) is -1.07. The van der Waals surface area contributed by atoms with Crippen LogP contribution in [0.3, 0.4) is 0 Å². The standard InChI is InChI=1S/C42H64O15/c1-20-34(43)28(46-6)16-31(51-20)56-36-21(2)52-32(17-29(36)47-7)57-37-22(3)53-40(35(44)38(37)48-8)54-25-13-14-41(4)24(15-25)10-11-26-27(41)12-9-23-18-49-42(5)33(23)30(19-50-42)55-39(26)45/h10,18,20-22,25-38,40,43-44H,9,11-17,19H2,1-8H3. The minimum atomic E-state index is -1.13. The SMILES string of the molecule is COC1CC(OC2C(C)OC(OC3C(C)OC(OC4CCC5(C)C(=CCC6C(=O)OC7COC8(C)OC=C(CCC65)C78)C4)C(O)C3OC)CC2OC)OC(C)C1O. The number of ether oxygens (including phenoxy) is 12.